The highest BCUT2D eigenvalue weighted by Crippen LogP contribution is 2.05. The lowest BCUT2D eigenvalue weighted by Crippen LogP contribution is -2.04. The lowest BCUT2D eigenvalue weighted by Gasteiger charge is -2.02. The van der Waals surface area contributed by atoms with Gasteiger partial charge in [0.25, 0.3) is 0 Å². The van der Waals surface area contributed by atoms with Gasteiger partial charge in [0.2, 0.25) is 0 Å². The van der Waals surface area contributed by atoms with E-state index in [9.17, 15) is 4.79 Å². The zero-order valence-electron chi connectivity index (χ0n) is 8.78. The lowest BCUT2D eigenvalue weighted by atomic mass is 10.1. The van der Waals surface area contributed by atoms with Gasteiger partial charge in [-0.2, -0.15) is 5.10 Å². The Balaban J connectivity index is 2.21. The predicted molar refractivity (Wildman–Crippen MR) is 56.4 cm³/mol. The molecule has 1 rings (SSSR count). The Morgan fingerprint density at radius 2 is 2.14 bits per heavy atom. The maximum atomic E-state index is 10.6. The van der Waals surface area contributed by atoms with Gasteiger partial charge in [-0.15, -0.1) is 0 Å². The molecule has 0 aromatic carbocycles. The molecule has 0 amide bonds. The van der Waals surface area contributed by atoms with E-state index in [1.165, 1.54) is 25.7 Å². The van der Waals surface area contributed by atoms with E-state index in [1.807, 2.05) is 0 Å². The molecule has 0 unspecified atom stereocenters. The summed E-state index contributed by atoms with van der Waals surface area (Å²) in [6.07, 6.45) is 8.73. The molecule has 14 heavy (non-hydrogen) atoms. The third kappa shape index (κ3) is 3.32. The Bertz CT molecular complexity index is 268. The Hall–Kier alpha value is -1.12. The maximum Gasteiger partial charge on any atom is 0.168 e. The predicted octanol–water partition coefficient (Wildman–Crippen LogP) is 2.67. The summed E-state index contributed by atoms with van der Waals surface area (Å²) in [5.41, 5.74) is 0.681. The zero-order valence-corrected chi connectivity index (χ0v) is 8.78. The molecule has 0 aliphatic heterocycles. The van der Waals surface area contributed by atoms with Crippen LogP contribution in [0, 0.1) is 0 Å². The number of carbonyl (C=O) groups excluding carboxylic acids is 1. The van der Waals surface area contributed by atoms with Crippen LogP contribution in [0.3, 0.4) is 0 Å². The lowest BCUT2D eigenvalue weighted by molar-refractivity contribution is 0.111. The molecule has 0 saturated carbocycles. The molecule has 0 aliphatic carbocycles. The molecule has 0 radical (unpaired) electrons. The fourth-order valence-corrected chi connectivity index (χ4v) is 1.49. The van der Waals surface area contributed by atoms with E-state index in [1.54, 1.807) is 16.9 Å². The van der Waals surface area contributed by atoms with Crippen molar-refractivity contribution in [2.24, 2.45) is 0 Å². The topological polar surface area (TPSA) is 34.9 Å². The maximum absolute atomic E-state index is 10.6. The third-order valence-corrected chi connectivity index (χ3v) is 2.34. The fraction of sp³-hybridized carbons (Fsp3) is 0.636. The molecule has 0 saturated heterocycles. The molecule has 3 heteroatoms. The highest BCUT2D eigenvalue weighted by atomic mass is 16.1. The van der Waals surface area contributed by atoms with Crippen LogP contribution in [0.5, 0.6) is 0 Å². The van der Waals surface area contributed by atoms with Gasteiger partial charge in [0, 0.05) is 12.7 Å². The summed E-state index contributed by atoms with van der Waals surface area (Å²) in [7, 11) is 0. The minimum Gasteiger partial charge on any atom is -0.296 e. The molecule has 3 nitrogen and oxygen atoms in total. The number of aldehydes is 1. The Morgan fingerprint density at radius 1 is 1.36 bits per heavy atom. The van der Waals surface area contributed by atoms with Crippen molar-refractivity contribution < 1.29 is 4.79 Å². The molecule has 0 aliphatic rings. The van der Waals surface area contributed by atoms with Crippen LogP contribution in [-0.2, 0) is 6.54 Å². The van der Waals surface area contributed by atoms with Crippen LogP contribution in [0.25, 0.3) is 0 Å². The van der Waals surface area contributed by atoms with E-state index in [-0.39, 0.29) is 0 Å². The highest BCUT2D eigenvalue weighted by Gasteiger charge is 1.99. The van der Waals surface area contributed by atoms with Crippen molar-refractivity contribution in [1.29, 1.82) is 0 Å². The van der Waals surface area contributed by atoms with E-state index >= 15 is 0 Å². The second-order valence-electron chi connectivity index (χ2n) is 3.51. The van der Waals surface area contributed by atoms with Crippen molar-refractivity contribution in [1.82, 2.24) is 9.78 Å². The van der Waals surface area contributed by atoms with Crippen molar-refractivity contribution in [3.63, 3.8) is 0 Å². The van der Waals surface area contributed by atoms with Gasteiger partial charge in [-0.3, -0.25) is 9.48 Å². The Labute approximate surface area is 85.1 Å². The SMILES string of the molecule is CCCCCCCn1nccc1C=O. The molecule has 0 spiro atoms. The summed E-state index contributed by atoms with van der Waals surface area (Å²) < 4.78 is 1.78. The van der Waals surface area contributed by atoms with Crippen LogP contribution >= 0.6 is 0 Å². The smallest absolute Gasteiger partial charge is 0.168 e. The average molecular weight is 194 g/mol. The summed E-state index contributed by atoms with van der Waals surface area (Å²) in [5, 5.41) is 4.09. The summed E-state index contributed by atoms with van der Waals surface area (Å²) >= 11 is 0. The first kappa shape index (κ1) is 11.0. The third-order valence-electron chi connectivity index (χ3n) is 2.34. The van der Waals surface area contributed by atoms with Crippen LogP contribution in [-0.4, -0.2) is 16.1 Å². The number of carbonyl (C=O) groups is 1. The standard InChI is InChI=1S/C11H18N2O/c1-2-3-4-5-6-9-13-11(10-14)7-8-12-13/h7-8,10H,2-6,9H2,1H3. The first-order chi connectivity index (χ1) is 6.88. The minimum absolute atomic E-state index is 0.681. The molecule has 0 fully saturated rings. The van der Waals surface area contributed by atoms with E-state index in [2.05, 4.69) is 12.0 Å². The highest BCUT2D eigenvalue weighted by molar-refractivity contribution is 5.71. The van der Waals surface area contributed by atoms with Gasteiger partial charge in [-0.1, -0.05) is 32.6 Å². The van der Waals surface area contributed by atoms with Crippen molar-refractivity contribution in [2.75, 3.05) is 0 Å². The van der Waals surface area contributed by atoms with Gasteiger partial charge in [-0.25, -0.2) is 0 Å². The van der Waals surface area contributed by atoms with Crippen molar-refractivity contribution in [3.05, 3.63) is 18.0 Å². The van der Waals surface area contributed by atoms with Crippen LogP contribution in [0.4, 0.5) is 0 Å². The molecular weight excluding hydrogens is 176 g/mol. The van der Waals surface area contributed by atoms with Gasteiger partial charge in [0.05, 0.1) is 0 Å². The molecule has 1 heterocycles. The summed E-state index contributed by atoms with van der Waals surface area (Å²) in [5.74, 6) is 0. The van der Waals surface area contributed by atoms with E-state index < -0.39 is 0 Å². The Kier molecular flexibility index (Phi) is 4.97. The summed E-state index contributed by atoms with van der Waals surface area (Å²) in [6, 6.07) is 1.75. The van der Waals surface area contributed by atoms with Crippen molar-refractivity contribution in [2.45, 2.75) is 45.6 Å². The largest absolute Gasteiger partial charge is 0.296 e. The molecular formula is C11H18N2O. The number of hydrogen-bond donors (Lipinski definition) is 0. The number of unbranched alkanes of at least 4 members (excludes halogenated alkanes) is 4. The molecule has 0 N–H and O–H groups in total. The van der Waals surface area contributed by atoms with Crippen molar-refractivity contribution in [3.8, 4) is 0 Å². The number of hydrogen-bond acceptors (Lipinski definition) is 2. The van der Waals surface area contributed by atoms with Crippen molar-refractivity contribution >= 4 is 6.29 Å². The second-order valence-corrected chi connectivity index (χ2v) is 3.51. The number of nitrogens with zero attached hydrogens (tertiary/aromatic N) is 2. The van der Waals surface area contributed by atoms with Crippen LogP contribution in [0.2, 0.25) is 0 Å². The molecule has 1 aromatic heterocycles. The quantitative estimate of drug-likeness (QED) is 0.494. The second kappa shape index (κ2) is 6.35. The monoisotopic (exact) mass is 194 g/mol. The summed E-state index contributed by atoms with van der Waals surface area (Å²) in [4.78, 5) is 10.6. The Morgan fingerprint density at radius 3 is 2.86 bits per heavy atom. The minimum atomic E-state index is 0.681. The van der Waals surface area contributed by atoms with Crippen LogP contribution in [0.15, 0.2) is 12.3 Å². The van der Waals surface area contributed by atoms with E-state index in [0.29, 0.717) is 5.69 Å². The zero-order chi connectivity index (χ0) is 10.2. The van der Waals surface area contributed by atoms with Gasteiger partial charge >= 0.3 is 0 Å². The average Bonchev–Trinajstić information content (AvgIpc) is 2.65. The molecule has 0 bridgehead atoms. The van der Waals surface area contributed by atoms with Gasteiger partial charge in [0.15, 0.2) is 6.29 Å². The first-order valence-corrected chi connectivity index (χ1v) is 5.35. The van der Waals surface area contributed by atoms with Gasteiger partial charge in [0.1, 0.15) is 5.69 Å². The first-order valence-electron chi connectivity index (χ1n) is 5.35. The van der Waals surface area contributed by atoms with E-state index in [4.69, 9.17) is 0 Å². The number of aromatic nitrogens is 2. The number of rotatable bonds is 7. The molecule has 78 valence electrons. The van der Waals surface area contributed by atoms with Gasteiger partial charge in [-0.05, 0) is 12.5 Å². The van der Waals surface area contributed by atoms with Gasteiger partial charge < -0.3 is 0 Å². The number of aryl methyl sites for hydroxylation is 1. The van der Waals surface area contributed by atoms with Crippen LogP contribution < -0.4 is 0 Å². The molecule has 0 atom stereocenters. The summed E-state index contributed by atoms with van der Waals surface area (Å²) in [6.45, 7) is 3.07. The van der Waals surface area contributed by atoms with E-state index in [0.717, 1.165) is 19.3 Å². The van der Waals surface area contributed by atoms with Crippen LogP contribution in [0.1, 0.15) is 49.5 Å². The normalized spacial score (nSPS) is 10.4. The molecule has 1 aromatic rings. The fourth-order valence-electron chi connectivity index (χ4n) is 1.49.